The van der Waals surface area contributed by atoms with E-state index < -0.39 is 31.2 Å². The van der Waals surface area contributed by atoms with E-state index in [1.807, 2.05) is 0 Å². The molecule has 0 radical (unpaired) electrons. The molecule has 0 fully saturated rings. The number of carboxylic acids is 1. The van der Waals surface area contributed by atoms with Crippen LogP contribution in [-0.2, 0) is 4.79 Å². The molecule has 1 aromatic carbocycles. The molecule has 104 valence electrons. The minimum absolute atomic E-state index is 0.0480. The fourth-order valence-electron chi connectivity index (χ4n) is 1.12. The molecule has 1 amide bonds. The van der Waals surface area contributed by atoms with Gasteiger partial charge in [-0.15, -0.1) is 0 Å². The molecule has 1 aromatic rings. The molecule has 0 atom stereocenters. The number of halogens is 3. The number of alkyl halides is 3. The van der Waals surface area contributed by atoms with E-state index in [4.69, 9.17) is 9.84 Å². The highest BCUT2D eigenvalue weighted by molar-refractivity contribution is 5.88. The van der Waals surface area contributed by atoms with Gasteiger partial charge in [0.05, 0.1) is 5.56 Å². The fraction of sp³-hybridized carbons (Fsp3) is 0.273. The van der Waals surface area contributed by atoms with Crippen LogP contribution in [0.25, 0.3) is 0 Å². The van der Waals surface area contributed by atoms with Gasteiger partial charge in [0.15, 0.2) is 6.61 Å². The van der Waals surface area contributed by atoms with Crippen molar-refractivity contribution in [3.8, 4) is 5.75 Å². The summed E-state index contributed by atoms with van der Waals surface area (Å²) in [6.07, 6.45) is -4.49. The van der Waals surface area contributed by atoms with Gasteiger partial charge in [0.25, 0.3) is 5.91 Å². The summed E-state index contributed by atoms with van der Waals surface area (Å²) in [4.78, 5) is 21.7. The molecule has 0 aliphatic rings. The van der Waals surface area contributed by atoms with E-state index in [0.717, 1.165) is 0 Å². The number of rotatable bonds is 5. The summed E-state index contributed by atoms with van der Waals surface area (Å²) in [5, 5.41) is 10.3. The van der Waals surface area contributed by atoms with Crippen molar-refractivity contribution in [1.82, 2.24) is 5.32 Å². The summed E-state index contributed by atoms with van der Waals surface area (Å²) in [5.41, 5.74) is -0.0480. The fourth-order valence-corrected chi connectivity index (χ4v) is 1.12. The number of benzene rings is 1. The van der Waals surface area contributed by atoms with Crippen LogP contribution in [0.15, 0.2) is 24.3 Å². The molecule has 0 bridgehead atoms. The Balaban J connectivity index is 2.46. The second-order valence-corrected chi connectivity index (χ2v) is 3.51. The molecule has 2 N–H and O–H groups in total. The van der Waals surface area contributed by atoms with Crippen molar-refractivity contribution in [2.24, 2.45) is 0 Å². The molecule has 1 rings (SSSR count). The summed E-state index contributed by atoms with van der Waals surface area (Å²) in [6.45, 7) is -2.07. The first-order valence-corrected chi connectivity index (χ1v) is 5.07. The molecule has 0 aliphatic carbocycles. The van der Waals surface area contributed by atoms with Gasteiger partial charge in [-0.2, -0.15) is 13.2 Å². The van der Waals surface area contributed by atoms with E-state index >= 15 is 0 Å². The third kappa shape index (κ3) is 5.75. The van der Waals surface area contributed by atoms with E-state index in [9.17, 15) is 22.8 Å². The van der Waals surface area contributed by atoms with Crippen LogP contribution in [0.2, 0.25) is 0 Å². The molecule has 19 heavy (non-hydrogen) atoms. The average Bonchev–Trinajstić information content (AvgIpc) is 2.33. The molecule has 0 unspecified atom stereocenters. The maximum atomic E-state index is 11.8. The third-order valence-electron chi connectivity index (χ3n) is 1.94. The Hall–Kier alpha value is -2.25. The summed E-state index contributed by atoms with van der Waals surface area (Å²) in [6, 6.07) is 5.27. The minimum Gasteiger partial charge on any atom is -0.484 e. The molecule has 5 nitrogen and oxygen atoms in total. The number of nitrogens with one attached hydrogen (secondary N) is 1. The summed E-state index contributed by atoms with van der Waals surface area (Å²) in [5.74, 6) is -2.04. The number of hydrogen-bond acceptors (Lipinski definition) is 3. The lowest BCUT2D eigenvalue weighted by atomic mass is 10.2. The van der Waals surface area contributed by atoms with E-state index in [-0.39, 0.29) is 11.3 Å². The Morgan fingerprint density at radius 3 is 2.58 bits per heavy atom. The van der Waals surface area contributed by atoms with Crippen molar-refractivity contribution >= 4 is 11.9 Å². The van der Waals surface area contributed by atoms with E-state index in [2.05, 4.69) is 0 Å². The Kier molecular flexibility index (Phi) is 4.74. The van der Waals surface area contributed by atoms with Gasteiger partial charge in [-0.3, -0.25) is 4.79 Å². The lowest BCUT2D eigenvalue weighted by molar-refractivity contribution is -0.139. The molecular formula is C11H10F3NO4. The van der Waals surface area contributed by atoms with Crippen molar-refractivity contribution in [2.75, 3.05) is 13.2 Å². The van der Waals surface area contributed by atoms with Crippen molar-refractivity contribution in [1.29, 1.82) is 0 Å². The van der Waals surface area contributed by atoms with Gasteiger partial charge in [0.1, 0.15) is 12.3 Å². The van der Waals surface area contributed by atoms with Crippen LogP contribution in [0.3, 0.4) is 0 Å². The van der Waals surface area contributed by atoms with Gasteiger partial charge in [-0.05, 0) is 18.2 Å². The smallest absolute Gasteiger partial charge is 0.405 e. The number of carbonyl (C=O) groups is 2. The number of aromatic carboxylic acids is 1. The van der Waals surface area contributed by atoms with Crippen LogP contribution in [0.1, 0.15) is 10.4 Å². The lowest BCUT2D eigenvalue weighted by Gasteiger charge is -2.09. The maximum absolute atomic E-state index is 11.8. The molecule has 0 heterocycles. The number of carboxylic acid groups (broad SMARTS) is 1. The second-order valence-electron chi connectivity index (χ2n) is 3.51. The number of ether oxygens (including phenoxy) is 1. The average molecular weight is 277 g/mol. The molecule has 0 saturated carbocycles. The zero-order chi connectivity index (χ0) is 14.5. The monoisotopic (exact) mass is 277 g/mol. The molecule has 0 aliphatic heterocycles. The lowest BCUT2D eigenvalue weighted by Crippen LogP contribution is -2.36. The van der Waals surface area contributed by atoms with E-state index in [1.54, 1.807) is 5.32 Å². The predicted molar refractivity (Wildman–Crippen MR) is 58.0 cm³/mol. The number of carbonyl (C=O) groups excluding carboxylic acids is 1. The van der Waals surface area contributed by atoms with Crippen molar-refractivity contribution < 1.29 is 32.6 Å². The normalized spacial score (nSPS) is 10.9. The Morgan fingerprint density at radius 1 is 1.32 bits per heavy atom. The van der Waals surface area contributed by atoms with Crippen LogP contribution >= 0.6 is 0 Å². The van der Waals surface area contributed by atoms with Crippen molar-refractivity contribution in [3.63, 3.8) is 0 Å². The van der Waals surface area contributed by atoms with Gasteiger partial charge in [0.2, 0.25) is 0 Å². The second kappa shape index (κ2) is 6.07. The largest absolute Gasteiger partial charge is 0.484 e. The highest BCUT2D eigenvalue weighted by Crippen LogP contribution is 2.14. The molecule has 8 heteroatoms. The van der Waals surface area contributed by atoms with E-state index in [1.165, 1.54) is 24.3 Å². The zero-order valence-corrected chi connectivity index (χ0v) is 9.53. The predicted octanol–water partition coefficient (Wildman–Crippen LogP) is 1.44. The SMILES string of the molecule is O=C(COc1cccc(C(=O)O)c1)NCC(F)(F)F. The maximum Gasteiger partial charge on any atom is 0.405 e. The first-order valence-electron chi connectivity index (χ1n) is 5.07. The molecule has 0 spiro atoms. The molecule has 0 aromatic heterocycles. The molecule has 0 saturated heterocycles. The third-order valence-corrected chi connectivity index (χ3v) is 1.94. The van der Waals surface area contributed by atoms with Crippen molar-refractivity contribution in [3.05, 3.63) is 29.8 Å². The summed E-state index contributed by atoms with van der Waals surface area (Å²) in [7, 11) is 0. The first kappa shape index (κ1) is 14.8. The van der Waals surface area contributed by atoms with Crippen LogP contribution in [0.5, 0.6) is 5.75 Å². The standard InChI is InChI=1S/C11H10F3NO4/c12-11(13,14)6-15-9(16)5-19-8-3-1-2-7(4-8)10(17)18/h1-4H,5-6H2,(H,15,16)(H,17,18). The number of amides is 1. The van der Waals surface area contributed by atoms with Gasteiger partial charge in [-0.25, -0.2) is 4.79 Å². The Bertz CT molecular complexity index is 473. The highest BCUT2D eigenvalue weighted by atomic mass is 19.4. The highest BCUT2D eigenvalue weighted by Gasteiger charge is 2.27. The van der Waals surface area contributed by atoms with Gasteiger partial charge >= 0.3 is 12.1 Å². The quantitative estimate of drug-likeness (QED) is 0.854. The first-order chi connectivity index (χ1) is 8.78. The zero-order valence-electron chi connectivity index (χ0n) is 9.53. The van der Waals surface area contributed by atoms with Crippen LogP contribution in [-0.4, -0.2) is 36.3 Å². The van der Waals surface area contributed by atoms with Crippen LogP contribution in [0.4, 0.5) is 13.2 Å². The summed E-state index contributed by atoms with van der Waals surface area (Å²) >= 11 is 0. The van der Waals surface area contributed by atoms with Gasteiger partial charge in [0, 0.05) is 0 Å². The van der Waals surface area contributed by atoms with Crippen LogP contribution in [0, 0.1) is 0 Å². The van der Waals surface area contributed by atoms with Crippen molar-refractivity contribution in [2.45, 2.75) is 6.18 Å². The number of hydrogen-bond donors (Lipinski definition) is 2. The van der Waals surface area contributed by atoms with Crippen LogP contribution < -0.4 is 10.1 Å². The Labute approximate surface area is 106 Å². The minimum atomic E-state index is -4.49. The van der Waals surface area contributed by atoms with Gasteiger partial charge in [-0.1, -0.05) is 6.07 Å². The van der Waals surface area contributed by atoms with E-state index in [0.29, 0.717) is 0 Å². The Morgan fingerprint density at radius 2 is 2.00 bits per heavy atom. The van der Waals surface area contributed by atoms with Gasteiger partial charge < -0.3 is 15.2 Å². The summed E-state index contributed by atoms with van der Waals surface area (Å²) < 4.78 is 40.3. The topological polar surface area (TPSA) is 75.6 Å². The molecular weight excluding hydrogens is 267 g/mol.